The van der Waals surface area contributed by atoms with Gasteiger partial charge in [0.05, 0.1) is 28.3 Å². The zero-order chi connectivity index (χ0) is 92.6. The lowest BCUT2D eigenvalue weighted by Crippen LogP contribution is -2.61. The zero-order valence-electron chi connectivity index (χ0n) is 86.6. The highest BCUT2D eigenvalue weighted by Crippen LogP contribution is 2.54. The first kappa shape index (κ1) is 129. The van der Waals surface area contributed by atoms with Gasteiger partial charge in [0.2, 0.25) is 0 Å². The number of aryl methyl sites for hydroxylation is 6. The molecular weight excluding hydrogens is 1670 g/mol. The molecule has 6 heterocycles. The van der Waals surface area contributed by atoms with Gasteiger partial charge in [-0.05, 0) is 224 Å². The lowest BCUT2D eigenvalue weighted by atomic mass is 9.33. The first-order valence-corrected chi connectivity index (χ1v) is 49.3. The van der Waals surface area contributed by atoms with E-state index in [9.17, 15) is 0 Å². The van der Waals surface area contributed by atoms with Crippen molar-refractivity contribution >= 4 is 161 Å². The fraction of sp³-hybridized carbons (Fsp3) is 0.415. The molecule has 0 N–H and O–H groups in total. The number of nitrogens with zero attached hydrogens (tertiary/aromatic N) is 6. The van der Waals surface area contributed by atoms with Crippen molar-refractivity contribution in [2.75, 3.05) is 52.7 Å². The fourth-order valence-corrected chi connectivity index (χ4v) is 20.2. The van der Waals surface area contributed by atoms with Crippen LogP contribution in [-0.4, -0.2) is 81.5 Å². The summed E-state index contributed by atoms with van der Waals surface area (Å²) in [5.74, 6) is 4.50. The summed E-state index contributed by atoms with van der Waals surface area (Å²) >= 11 is 1.90. The Morgan fingerprint density at radius 3 is 1.20 bits per heavy atom. The normalized spacial score (nSPS) is 11.4. The average Bonchev–Trinajstić information content (AvgIpc) is 1.27. The Morgan fingerprint density at radius 1 is 0.299 bits per heavy atom. The first-order valence-electron chi connectivity index (χ1n) is 48.5. The molecule has 0 saturated heterocycles. The smallest absolute Gasteiger partial charge is 0.252 e. The van der Waals surface area contributed by atoms with Crippen LogP contribution < -0.4 is 45.6 Å². The van der Waals surface area contributed by atoms with Gasteiger partial charge in [0, 0.05) is 150 Å². The third kappa shape index (κ3) is 28.2. The van der Waals surface area contributed by atoms with Crippen LogP contribution in [0.25, 0.3) is 21.8 Å². The Balaban J connectivity index is 0. The van der Waals surface area contributed by atoms with Crippen molar-refractivity contribution in [1.29, 1.82) is 0 Å². The number of aromatic nitrogens is 1. The number of hydrogen-bond acceptors (Lipinski definition) is 7. The predicted molar refractivity (Wildman–Crippen MR) is 630 cm³/mol. The van der Waals surface area contributed by atoms with Gasteiger partial charge in [-0.15, -0.1) is 0 Å². The largest absolute Gasteiger partial charge is 0.453 e. The monoisotopic (exact) mass is 1850 g/mol. The molecule has 1 aromatic heterocycles. The van der Waals surface area contributed by atoms with E-state index in [1.807, 2.05) is 23.9 Å². The van der Waals surface area contributed by atoms with E-state index in [0.717, 1.165) is 55.7 Å². The van der Waals surface area contributed by atoms with Crippen LogP contribution in [0.15, 0.2) is 240 Å². The third-order valence-corrected chi connectivity index (χ3v) is 25.1. The highest BCUT2D eigenvalue weighted by atomic mass is 32.2. The molecule has 13 aromatic rings. The van der Waals surface area contributed by atoms with Gasteiger partial charge >= 0.3 is 0 Å². The van der Waals surface area contributed by atoms with E-state index in [2.05, 4.69) is 456 Å². The molecule has 0 bridgehead atoms. The molecule has 0 saturated carbocycles. The molecule has 5 aliphatic heterocycles. The quantitative estimate of drug-likeness (QED) is 0.119. The molecule has 0 atom stereocenters. The number of hydrogen-bond donors (Lipinski definition) is 0. The Bertz CT molecular complexity index is 5450. The average molecular weight is 1850 g/mol. The molecule has 0 aliphatic carbocycles. The minimum atomic E-state index is 0. The second kappa shape index (κ2) is 61.4. The van der Waals surface area contributed by atoms with Crippen LogP contribution in [0.5, 0.6) is 11.5 Å². The summed E-state index contributed by atoms with van der Waals surface area (Å²) in [5, 5.41) is 2.75. The van der Waals surface area contributed by atoms with Gasteiger partial charge in [0.15, 0.2) is 11.5 Å². The standard InChI is InChI=1S/C30H29BN2.C19H23N.C18H21NO.C18H21NS.C18H21N.5C3H8.5CH4.5B/c1-5-21-19-27-29-30(28(21)20(2)3)32(4)25-17-11-9-15-23(25)31(29)24-16-10-12-18-26(24)33(27)22-13-7-6-8-14-22;1-5-14-10-11-16-12-15-8-6-7-9-17(15)20(4)19(16)18(14)13(2)3;2*1-5-13-10-11-16-18(17(13)12(2)3)19(4)14-8-6-7-9-15(14)20-16;1-5-13-10-11-15-14-8-6-7-9-16(14)19(4)18(15)17(13)12(2)3;5*1-3-2;;;;;;;;;;/h6-20H,5H2,1-4H3;6-11,13H,5,12H2,1-4H3;2*6-12H,5H2,1-4H3;6-12H,5H2,1-4H3;5*3H2,1-2H3;5*1H4;;;;;. The second-order valence-corrected chi connectivity index (χ2v) is 37.0. The number of fused-ring (bicyclic) bond motifs is 13. The van der Waals surface area contributed by atoms with E-state index in [1.165, 1.54) is 204 Å². The molecule has 0 fully saturated rings. The van der Waals surface area contributed by atoms with Crippen LogP contribution in [-0.2, 0) is 45.6 Å². The predicted octanol–water partition coefficient (Wildman–Crippen LogP) is 35.0. The molecule has 727 valence electrons. The van der Waals surface area contributed by atoms with E-state index < -0.39 is 0 Å². The van der Waals surface area contributed by atoms with Gasteiger partial charge in [-0.25, -0.2) is 0 Å². The van der Waals surface area contributed by atoms with Crippen molar-refractivity contribution in [1.82, 2.24) is 4.57 Å². The summed E-state index contributed by atoms with van der Waals surface area (Å²) < 4.78 is 8.46. The van der Waals surface area contributed by atoms with Crippen LogP contribution in [0, 0.1) is 0 Å². The molecule has 14 heteroatoms. The molecule has 0 amide bonds. The van der Waals surface area contributed by atoms with Crippen LogP contribution in [0.1, 0.15) is 339 Å². The Labute approximate surface area is 853 Å². The number of rotatable bonds is 11. The molecular formula is C123H175B6N6OS. The van der Waals surface area contributed by atoms with E-state index in [4.69, 9.17) is 4.74 Å². The maximum Gasteiger partial charge on any atom is 0.252 e. The van der Waals surface area contributed by atoms with Gasteiger partial charge in [-0.3, -0.25) is 0 Å². The Kier molecular flexibility index (Phi) is 57.9. The number of ether oxygens (including phenoxy) is 1. The lowest BCUT2D eigenvalue weighted by Gasteiger charge is -2.45. The van der Waals surface area contributed by atoms with E-state index in [1.54, 1.807) is 0 Å². The Morgan fingerprint density at radius 2 is 0.679 bits per heavy atom. The Hall–Kier alpha value is -10.0. The van der Waals surface area contributed by atoms with Crippen molar-refractivity contribution in [2.24, 2.45) is 7.05 Å². The van der Waals surface area contributed by atoms with Gasteiger partial charge < -0.3 is 33.8 Å². The topological polar surface area (TPSA) is 30.4 Å². The first-order chi connectivity index (χ1) is 61.2. The second-order valence-electron chi connectivity index (χ2n) is 35.9. The number of benzene rings is 12. The van der Waals surface area contributed by atoms with Crippen molar-refractivity contribution in [2.45, 2.75) is 320 Å². The SMILES string of the molecule is C.C.C.C.C.CCC.CCC.CCC.CCC.CCC.CCc1cc2c3c(c1C(C)C)N(C)c1ccccc1B3c1ccccc1N2c1ccccc1.CCc1ccc2c(c1C(C)C)N(C)c1ccccc1C2.CCc1ccc2c(c1C(C)C)N(C)c1ccccc1O2.CCc1ccc2c(c1C(C)C)N(C)c1ccccc1S2.CCc1ccc2c3ccccc3n(C)c2c1C(C)C.[B].[B].[B].[B].[B]. The lowest BCUT2D eigenvalue weighted by molar-refractivity contribution is 0.474. The van der Waals surface area contributed by atoms with E-state index in [-0.39, 0.29) is 85.9 Å². The maximum absolute atomic E-state index is 6.10. The highest BCUT2D eigenvalue weighted by molar-refractivity contribution is 7.99. The fourth-order valence-electron chi connectivity index (χ4n) is 19.0. The van der Waals surface area contributed by atoms with Crippen LogP contribution >= 0.6 is 11.8 Å². The zero-order valence-corrected chi connectivity index (χ0v) is 87.4. The molecule has 0 unspecified atom stereocenters. The molecule has 7 nitrogen and oxygen atoms in total. The summed E-state index contributed by atoms with van der Waals surface area (Å²) in [4.78, 5) is 14.7. The van der Waals surface area contributed by atoms with Crippen LogP contribution in [0.2, 0.25) is 0 Å². The van der Waals surface area contributed by atoms with Crippen LogP contribution in [0.4, 0.5) is 62.6 Å². The molecule has 5 aliphatic rings. The van der Waals surface area contributed by atoms with Gasteiger partial charge in [-0.2, -0.15) is 0 Å². The van der Waals surface area contributed by atoms with E-state index >= 15 is 0 Å². The van der Waals surface area contributed by atoms with Gasteiger partial charge in [0.1, 0.15) is 0 Å². The van der Waals surface area contributed by atoms with Crippen molar-refractivity contribution < 1.29 is 4.74 Å². The molecule has 0 spiro atoms. The third-order valence-electron chi connectivity index (χ3n) is 24.0. The molecule has 18 rings (SSSR count). The maximum atomic E-state index is 6.10. The summed E-state index contributed by atoms with van der Waals surface area (Å²) in [6, 6.07) is 83.8. The number of para-hydroxylation sites is 8. The van der Waals surface area contributed by atoms with Crippen LogP contribution in [0.3, 0.4) is 0 Å². The summed E-state index contributed by atoms with van der Waals surface area (Å²) in [6.07, 6.45) is 12.7. The summed E-state index contributed by atoms with van der Waals surface area (Å²) in [5.41, 5.74) is 39.0. The van der Waals surface area contributed by atoms with E-state index in [0.29, 0.717) is 29.6 Å². The highest BCUT2D eigenvalue weighted by Gasteiger charge is 2.44. The van der Waals surface area contributed by atoms with Gasteiger partial charge in [0.25, 0.3) is 6.71 Å². The number of anilines is 11. The van der Waals surface area contributed by atoms with Crippen molar-refractivity contribution in [3.63, 3.8) is 0 Å². The summed E-state index contributed by atoms with van der Waals surface area (Å²) in [7, 11) is 11.0. The molecule has 12 aromatic carbocycles. The molecule has 137 heavy (non-hydrogen) atoms. The van der Waals surface area contributed by atoms with Gasteiger partial charge in [-0.1, -0.05) is 406 Å². The van der Waals surface area contributed by atoms with Crippen molar-refractivity contribution in [3.05, 3.63) is 297 Å². The summed E-state index contributed by atoms with van der Waals surface area (Å²) in [6.45, 7) is 55.7. The van der Waals surface area contributed by atoms with Crippen molar-refractivity contribution in [3.8, 4) is 11.5 Å². The minimum absolute atomic E-state index is 0. The minimum Gasteiger partial charge on any atom is -0.453 e. The molecule has 15 radical (unpaired) electrons.